The van der Waals surface area contributed by atoms with E-state index in [9.17, 15) is 4.79 Å². The number of aromatic nitrogens is 2. The van der Waals surface area contributed by atoms with Gasteiger partial charge in [-0.15, -0.1) is 12.4 Å². The number of rotatable bonds is 5. The summed E-state index contributed by atoms with van der Waals surface area (Å²) < 4.78 is 1.78. The molecule has 1 aromatic heterocycles. The molecule has 1 heterocycles. The third kappa shape index (κ3) is 4.06. The van der Waals surface area contributed by atoms with Crippen LogP contribution in [0.15, 0.2) is 73.3 Å². The molecule has 0 radical (unpaired) electrons. The molecule has 3 aromatic rings. The molecule has 2 aromatic carbocycles. The van der Waals surface area contributed by atoms with Gasteiger partial charge in [0, 0.05) is 18.0 Å². The Labute approximate surface area is 136 Å². The molecule has 112 valence electrons. The highest BCUT2D eigenvalue weighted by atomic mass is 35.5. The van der Waals surface area contributed by atoms with Crippen LogP contribution in [0.2, 0.25) is 0 Å². The predicted octanol–water partition coefficient (Wildman–Crippen LogP) is 3.78. The first-order valence-electron chi connectivity index (χ1n) is 6.93. The molecule has 0 amide bonds. The molecule has 22 heavy (non-hydrogen) atoms. The number of carbonyl (C=O) groups excluding carboxylic acids is 1. The van der Waals surface area contributed by atoms with Crippen LogP contribution in [0.3, 0.4) is 0 Å². The fraction of sp³-hybridized carbons (Fsp3) is 0.111. The topological polar surface area (TPSA) is 34.9 Å². The van der Waals surface area contributed by atoms with Gasteiger partial charge in [-0.3, -0.25) is 4.79 Å². The van der Waals surface area contributed by atoms with Gasteiger partial charge >= 0.3 is 0 Å². The van der Waals surface area contributed by atoms with Crippen molar-refractivity contribution in [2.24, 2.45) is 0 Å². The summed E-state index contributed by atoms with van der Waals surface area (Å²) in [5.41, 5.74) is 3.22. The fourth-order valence-corrected chi connectivity index (χ4v) is 2.28. The molecule has 0 bridgehead atoms. The highest BCUT2D eigenvalue weighted by Gasteiger charge is 2.06. The van der Waals surface area contributed by atoms with Crippen molar-refractivity contribution in [3.05, 3.63) is 90.0 Å². The largest absolute Gasteiger partial charge is 0.330 e. The Balaban J connectivity index is 0.00000176. The lowest BCUT2D eigenvalue weighted by molar-refractivity contribution is 0.0972. The minimum absolute atomic E-state index is 0. The summed E-state index contributed by atoms with van der Waals surface area (Å²) in [6, 6.07) is 18.2. The summed E-state index contributed by atoms with van der Waals surface area (Å²) >= 11 is 0. The normalized spacial score (nSPS) is 10.0. The van der Waals surface area contributed by atoms with Crippen molar-refractivity contribution in [1.29, 1.82) is 0 Å². The fourth-order valence-electron chi connectivity index (χ4n) is 2.28. The lowest BCUT2D eigenvalue weighted by Crippen LogP contribution is -2.08. The molecule has 0 aliphatic heterocycles. The molecule has 0 saturated heterocycles. The molecule has 0 unspecified atom stereocenters. The molecule has 3 nitrogen and oxygen atoms in total. The number of ketones is 1. The maximum atomic E-state index is 12.1. The Morgan fingerprint density at radius 3 is 2.27 bits per heavy atom. The average Bonchev–Trinajstić information content (AvgIpc) is 3.02. The quantitative estimate of drug-likeness (QED) is 0.672. The Bertz CT molecular complexity index is 707. The Morgan fingerprint density at radius 2 is 1.64 bits per heavy atom. The average molecular weight is 313 g/mol. The molecule has 0 spiro atoms. The highest BCUT2D eigenvalue weighted by Crippen LogP contribution is 2.11. The van der Waals surface area contributed by atoms with Crippen molar-refractivity contribution in [2.45, 2.75) is 13.0 Å². The lowest BCUT2D eigenvalue weighted by atomic mass is 10.0. The Kier molecular flexibility index (Phi) is 5.50. The van der Waals surface area contributed by atoms with Crippen molar-refractivity contribution >= 4 is 18.2 Å². The zero-order chi connectivity index (χ0) is 14.5. The van der Waals surface area contributed by atoms with Crippen molar-refractivity contribution in [3.8, 4) is 0 Å². The second kappa shape index (κ2) is 7.57. The van der Waals surface area contributed by atoms with Crippen LogP contribution in [0, 0.1) is 0 Å². The van der Waals surface area contributed by atoms with E-state index >= 15 is 0 Å². The molecule has 0 fully saturated rings. The zero-order valence-corrected chi connectivity index (χ0v) is 12.9. The molecule has 0 atom stereocenters. The number of nitrogens with zero attached hydrogens (tertiary/aromatic N) is 2. The van der Waals surface area contributed by atoms with Gasteiger partial charge in [0.1, 0.15) is 0 Å². The minimum Gasteiger partial charge on any atom is -0.330 e. The van der Waals surface area contributed by atoms with Gasteiger partial charge in [-0.25, -0.2) is 4.98 Å². The maximum absolute atomic E-state index is 12.1. The zero-order valence-electron chi connectivity index (χ0n) is 12.1. The Morgan fingerprint density at radius 1 is 0.955 bits per heavy atom. The third-order valence-corrected chi connectivity index (χ3v) is 3.41. The van der Waals surface area contributed by atoms with Gasteiger partial charge in [-0.2, -0.15) is 0 Å². The van der Waals surface area contributed by atoms with E-state index in [1.165, 1.54) is 11.1 Å². The van der Waals surface area contributed by atoms with Crippen LogP contribution >= 0.6 is 12.4 Å². The van der Waals surface area contributed by atoms with Crippen molar-refractivity contribution in [1.82, 2.24) is 9.55 Å². The first kappa shape index (κ1) is 16.0. The lowest BCUT2D eigenvalue weighted by Gasteiger charge is -2.05. The molecular formula is C18H17ClN2O. The number of imidazole rings is 1. The molecular weight excluding hydrogens is 296 g/mol. The smallest absolute Gasteiger partial charge is 0.182 e. The second-order valence-corrected chi connectivity index (χ2v) is 5.02. The van der Waals surface area contributed by atoms with Gasteiger partial charge < -0.3 is 4.57 Å². The summed E-state index contributed by atoms with van der Waals surface area (Å²) in [4.78, 5) is 16.1. The van der Waals surface area contributed by atoms with Gasteiger partial charge in [0.2, 0.25) is 0 Å². The first-order chi connectivity index (χ1) is 10.3. The van der Waals surface area contributed by atoms with E-state index in [2.05, 4.69) is 17.1 Å². The SMILES string of the molecule is Cl.O=C(Cn1ccnc1)c1ccc(Cc2ccccc2)cc1. The van der Waals surface area contributed by atoms with Gasteiger partial charge in [0.25, 0.3) is 0 Å². The minimum atomic E-state index is 0. The monoisotopic (exact) mass is 312 g/mol. The van der Waals surface area contributed by atoms with Crippen LogP contribution in [0.25, 0.3) is 0 Å². The van der Waals surface area contributed by atoms with E-state index in [0.717, 1.165) is 12.0 Å². The van der Waals surface area contributed by atoms with Crippen LogP contribution in [0.5, 0.6) is 0 Å². The summed E-state index contributed by atoms with van der Waals surface area (Å²) in [6.07, 6.45) is 6.01. The van der Waals surface area contributed by atoms with Crippen molar-refractivity contribution < 1.29 is 4.79 Å². The Hall–Kier alpha value is -2.39. The van der Waals surface area contributed by atoms with Crippen LogP contribution < -0.4 is 0 Å². The maximum Gasteiger partial charge on any atom is 0.182 e. The van der Waals surface area contributed by atoms with E-state index in [4.69, 9.17) is 0 Å². The first-order valence-corrected chi connectivity index (χ1v) is 6.93. The van der Waals surface area contributed by atoms with E-state index < -0.39 is 0 Å². The van der Waals surface area contributed by atoms with Crippen LogP contribution in [0.1, 0.15) is 21.5 Å². The van der Waals surface area contributed by atoms with Crippen molar-refractivity contribution in [2.75, 3.05) is 0 Å². The second-order valence-electron chi connectivity index (χ2n) is 5.02. The molecule has 0 N–H and O–H groups in total. The van der Waals surface area contributed by atoms with E-state index in [-0.39, 0.29) is 18.2 Å². The molecule has 0 aliphatic rings. The number of hydrogen-bond acceptors (Lipinski definition) is 2. The summed E-state index contributed by atoms with van der Waals surface area (Å²) in [7, 11) is 0. The van der Waals surface area contributed by atoms with Crippen LogP contribution in [0.4, 0.5) is 0 Å². The number of benzene rings is 2. The molecule has 3 rings (SSSR count). The molecule has 4 heteroatoms. The van der Waals surface area contributed by atoms with Gasteiger partial charge in [-0.05, 0) is 17.5 Å². The summed E-state index contributed by atoms with van der Waals surface area (Å²) in [5, 5.41) is 0. The van der Waals surface area contributed by atoms with Crippen molar-refractivity contribution in [3.63, 3.8) is 0 Å². The number of halogens is 1. The van der Waals surface area contributed by atoms with E-state index in [0.29, 0.717) is 6.54 Å². The number of hydrogen-bond donors (Lipinski definition) is 0. The molecule has 0 saturated carbocycles. The highest BCUT2D eigenvalue weighted by molar-refractivity contribution is 5.95. The standard InChI is InChI=1S/C18H16N2O.ClH/c21-18(13-20-11-10-19-14-20)17-8-6-16(7-9-17)12-15-4-2-1-3-5-15;/h1-11,14H,12-13H2;1H. The third-order valence-electron chi connectivity index (χ3n) is 3.41. The van der Waals surface area contributed by atoms with Crippen LogP contribution in [-0.4, -0.2) is 15.3 Å². The summed E-state index contributed by atoms with van der Waals surface area (Å²) in [5.74, 6) is 0.0965. The van der Waals surface area contributed by atoms with Gasteiger partial charge in [0.15, 0.2) is 5.78 Å². The summed E-state index contributed by atoms with van der Waals surface area (Å²) in [6.45, 7) is 0.331. The number of Topliss-reactive ketones (excluding diaryl/α,β-unsaturated/α-hetero) is 1. The number of carbonyl (C=O) groups is 1. The van der Waals surface area contributed by atoms with Gasteiger partial charge in [0.05, 0.1) is 12.9 Å². The van der Waals surface area contributed by atoms with E-state index in [1.54, 1.807) is 23.3 Å². The van der Waals surface area contributed by atoms with Crippen LogP contribution in [-0.2, 0) is 13.0 Å². The predicted molar refractivity (Wildman–Crippen MR) is 89.5 cm³/mol. The molecule has 0 aliphatic carbocycles. The van der Waals surface area contributed by atoms with E-state index in [1.807, 2.05) is 42.5 Å². The van der Waals surface area contributed by atoms with Gasteiger partial charge in [-0.1, -0.05) is 54.6 Å².